The predicted molar refractivity (Wildman–Crippen MR) is 123 cm³/mol. The van der Waals surface area contributed by atoms with Crippen molar-refractivity contribution >= 4 is 29.5 Å². The average Bonchev–Trinajstić information content (AvgIpc) is 3.15. The molecule has 1 aromatic rings. The van der Waals surface area contributed by atoms with Gasteiger partial charge in [0.05, 0.1) is 12.4 Å². The Kier molecular flexibility index (Phi) is 4.42. The molecule has 4 fully saturated rings. The molecule has 0 radical (unpaired) electrons. The lowest BCUT2D eigenvalue weighted by Gasteiger charge is -2.55. The highest BCUT2D eigenvalue weighted by atomic mass is 32.1. The van der Waals surface area contributed by atoms with E-state index in [9.17, 15) is 19.5 Å². The number of esters is 1. The van der Waals surface area contributed by atoms with Crippen molar-refractivity contribution in [1.82, 2.24) is 0 Å². The third-order valence-electron chi connectivity index (χ3n) is 9.84. The minimum Gasteiger partial charge on any atom is -0.457 e. The second-order valence-electron chi connectivity index (χ2n) is 11.1. The van der Waals surface area contributed by atoms with Gasteiger partial charge in [0, 0.05) is 10.8 Å². The van der Waals surface area contributed by atoms with Crippen LogP contribution in [0.15, 0.2) is 46.3 Å². The highest BCUT2D eigenvalue weighted by Gasteiger charge is 2.82. The van der Waals surface area contributed by atoms with Gasteiger partial charge >= 0.3 is 5.97 Å². The first-order valence-corrected chi connectivity index (χ1v) is 12.3. The molecule has 5 aliphatic rings. The number of carbonyl (C=O) groups is 3. The van der Waals surface area contributed by atoms with Gasteiger partial charge in [0.15, 0.2) is 5.76 Å². The van der Waals surface area contributed by atoms with Crippen LogP contribution >= 0.6 is 12.6 Å². The van der Waals surface area contributed by atoms with Crippen LogP contribution in [0.5, 0.6) is 0 Å². The second kappa shape index (κ2) is 6.74. The van der Waals surface area contributed by atoms with E-state index in [1.807, 2.05) is 13.8 Å². The Balaban J connectivity index is 1.39. The molecule has 2 unspecified atom stereocenters. The van der Waals surface area contributed by atoms with Crippen molar-refractivity contribution < 1.29 is 33.4 Å². The maximum atomic E-state index is 12.8. The van der Waals surface area contributed by atoms with Gasteiger partial charge in [-0.25, -0.2) is 4.79 Å². The van der Waals surface area contributed by atoms with Gasteiger partial charge < -0.3 is 19.0 Å². The Labute approximate surface area is 203 Å². The minimum atomic E-state index is -1.50. The van der Waals surface area contributed by atoms with Crippen molar-refractivity contribution in [3.63, 3.8) is 0 Å². The summed E-state index contributed by atoms with van der Waals surface area (Å²) in [6.07, 6.45) is 7.30. The highest BCUT2D eigenvalue weighted by molar-refractivity contribution is 7.96. The number of epoxide rings is 1. The van der Waals surface area contributed by atoms with Gasteiger partial charge in [-0.1, -0.05) is 19.4 Å². The van der Waals surface area contributed by atoms with Crippen molar-refractivity contribution in [2.24, 2.45) is 28.6 Å². The fourth-order valence-electron chi connectivity index (χ4n) is 8.13. The molecule has 1 aliphatic heterocycles. The number of hydrogen-bond acceptors (Lipinski definition) is 7. The van der Waals surface area contributed by atoms with E-state index in [0.717, 1.165) is 12.0 Å². The van der Waals surface area contributed by atoms with E-state index in [2.05, 4.69) is 19.6 Å². The molecule has 2 heterocycles. The van der Waals surface area contributed by atoms with Gasteiger partial charge in [-0.3, -0.25) is 9.59 Å². The summed E-state index contributed by atoms with van der Waals surface area (Å²) in [5.41, 5.74) is -2.36. The van der Waals surface area contributed by atoms with E-state index in [-0.39, 0.29) is 41.2 Å². The molecule has 1 N–H and O–H groups in total. The lowest BCUT2D eigenvalue weighted by molar-refractivity contribution is -0.153. The zero-order valence-corrected chi connectivity index (χ0v) is 20.3. The number of aliphatic hydroxyl groups is 1. The Morgan fingerprint density at radius 3 is 2.71 bits per heavy atom. The lowest BCUT2D eigenvalue weighted by Crippen LogP contribution is -2.61. The number of carbonyl (C=O) groups excluding carboxylic acids is 3. The van der Waals surface area contributed by atoms with Gasteiger partial charge in [0.2, 0.25) is 16.7 Å². The van der Waals surface area contributed by atoms with Crippen LogP contribution in [0.1, 0.15) is 57.0 Å². The predicted octanol–water partition coefficient (Wildman–Crippen LogP) is 3.64. The van der Waals surface area contributed by atoms with E-state index in [1.165, 1.54) is 12.3 Å². The Morgan fingerprint density at radius 1 is 1.26 bits per heavy atom. The first-order chi connectivity index (χ1) is 16.0. The van der Waals surface area contributed by atoms with Crippen LogP contribution < -0.4 is 0 Å². The smallest absolute Gasteiger partial charge is 0.379 e. The number of thiol groups is 1. The van der Waals surface area contributed by atoms with Crippen LogP contribution in [0.25, 0.3) is 0 Å². The molecule has 180 valence electrons. The molecule has 0 bridgehead atoms. The molecule has 3 saturated carbocycles. The summed E-state index contributed by atoms with van der Waals surface area (Å²) in [4.78, 5) is 37.9. The summed E-state index contributed by atoms with van der Waals surface area (Å²) in [6, 6.07) is 3.07. The molecule has 1 spiro atoms. The van der Waals surface area contributed by atoms with E-state index >= 15 is 0 Å². The highest BCUT2D eigenvalue weighted by Crippen LogP contribution is 2.76. The topological polar surface area (TPSA) is 106 Å². The monoisotopic (exact) mass is 484 g/mol. The molecular weight excluding hydrogens is 456 g/mol. The normalized spacial score (nSPS) is 46.3. The quantitative estimate of drug-likeness (QED) is 0.383. The fourth-order valence-corrected chi connectivity index (χ4v) is 8.60. The average molecular weight is 485 g/mol. The van der Waals surface area contributed by atoms with Crippen molar-refractivity contribution in [2.45, 2.75) is 63.8 Å². The molecule has 8 heteroatoms. The molecule has 7 nitrogen and oxygen atoms in total. The maximum absolute atomic E-state index is 12.8. The Morgan fingerprint density at radius 2 is 2.03 bits per heavy atom. The van der Waals surface area contributed by atoms with Gasteiger partial charge in [0.25, 0.3) is 0 Å². The van der Waals surface area contributed by atoms with Crippen LogP contribution in [-0.4, -0.2) is 39.3 Å². The molecule has 0 amide bonds. The van der Waals surface area contributed by atoms with E-state index in [0.29, 0.717) is 19.3 Å². The van der Waals surface area contributed by atoms with E-state index in [1.54, 1.807) is 18.2 Å². The number of hydrogen-bond donors (Lipinski definition) is 2. The Hall–Kier alpha value is -2.16. The number of rotatable bonds is 3. The minimum absolute atomic E-state index is 0.0212. The maximum Gasteiger partial charge on any atom is 0.379 e. The van der Waals surface area contributed by atoms with Crippen molar-refractivity contribution in [2.75, 3.05) is 0 Å². The number of ether oxygens (including phenoxy) is 2. The molecule has 1 saturated heterocycles. The summed E-state index contributed by atoms with van der Waals surface area (Å²) >= 11 is 4.10. The van der Waals surface area contributed by atoms with Gasteiger partial charge in [-0.15, -0.1) is 12.6 Å². The SMILES string of the molecule is C[C@@H]1C[C@H]2[C@@H]3CCC4=CC(=O)C(OC(=O)c5ccco5)=C[C@]4(C)C34OC4C[C@]2(C)[C@]1(O)C(=O)S. The zero-order chi connectivity index (χ0) is 24.3. The van der Waals surface area contributed by atoms with Gasteiger partial charge in [-0.05, 0) is 74.6 Å². The van der Waals surface area contributed by atoms with Crippen molar-refractivity contribution in [3.8, 4) is 0 Å². The summed E-state index contributed by atoms with van der Waals surface area (Å²) in [5, 5.41) is 11.1. The first-order valence-electron chi connectivity index (χ1n) is 11.9. The molecule has 6 rings (SSSR count). The van der Waals surface area contributed by atoms with Crippen molar-refractivity contribution in [3.05, 3.63) is 47.6 Å². The van der Waals surface area contributed by atoms with E-state index < -0.39 is 33.1 Å². The first kappa shape index (κ1) is 22.3. The van der Waals surface area contributed by atoms with E-state index in [4.69, 9.17) is 13.9 Å². The summed E-state index contributed by atoms with van der Waals surface area (Å²) in [5.74, 6) is -1.11. The number of ketones is 1. The van der Waals surface area contributed by atoms with Gasteiger partial charge in [-0.2, -0.15) is 0 Å². The van der Waals surface area contributed by atoms with Crippen LogP contribution in [0, 0.1) is 28.6 Å². The number of furan rings is 1. The van der Waals surface area contributed by atoms with Crippen LogP contribution in [0.4, 0.5) is 0 Å². The Bertz CT molecular complexity index is 1180. The molecule has 4 aliphatic carbocycles. The zero-order valence-electron chi connectivity index (χ0n) is 19.4. The van der Waals surface area contributed by atoms with Crippen LogP contribution in [0.2, 0.25) is 0 Å². The third-order valence-corrected chi connectivity index (χ3v) is 10.2. The largest absolute Gasteiger partial charge is 0.457 e. The summed E-state index contributed by atoms with van der Waals surface area (Å²) in [6.45, 7) is 5.98. The molecule has 34 heavy (non-hydrogen) atoms. The molecule has 1 aromatic heterocycles. The van der Waals surface area contributed by atoms with Crippen molar-refractivity contribution in [1.29, 1.82) is 0 Å². The summed E-state index contributed by atoms with van der Waals surface area (Å²) in [7, 11) is 0. The summed E-state index contributed by atoms with van der Waals surface area (Å²) < 4.78 is 17.1. The molecule has 8 atom stereocenters. The van der Waals surface area contributed by atoms with Crippen LogP contribution in [0.3, 0.4) is 0 Å². The molecular formula is C26H28O7S. The lowest BCUT2D eigenvalue weighted by atomic mass is 9.47. The molecule has 0 aromatic carbocycles. The van der Waals surface area contributed by atoms with Crippen LogP contribution in [-0.2, 0) is 19.1 Å². The van der Waals surface area contributed by atoms with Gasteiger partial charge in [0.1, 0.15) is 11.2 Å². The standard InChI is InChI=1S/C26H28O7S/c1-13-9-16-15-7-6-14-10-17(27)19(32-21(28)18-5-4-8-31-18)11-23(14,2)26(15)20(33-26)12-24(16,3)25(13,30)22(29)34/h4-5,8,10-11,13,15-16,20,30H,6-7,9,12H2,1-3H3,(H,29,34)/t13-,15+,16+,20?,23+,24+,25-,26?/m1/s1. The third kappa shape index (κ3) is 2.44. The number of allylic oxidation sites excluding steroid dienone is 1. The second-order valence-corrected chi connectivity index (χ2v) is 11.5. The fraction of sp³-hybridized carbons (Fsp3) is 0.577. The number of fused-ring (bicyclic) bond motifs is 3.